The van der Waals surface area contributed by atoms with E-state index in [1.54, 1.807) is 30.3 Å². The first-order valence-corrected chi connectivity index (χ1v) is 9.75. The molecule has 0 fully saturated rings. The summed E-state index contributed by atoms with van der Waals surface area (Å²) in [4.78, 5) is 35.7. The van der Waals surface area contributed by atoms with Gasteiger partial charge in [-0.1, -0.05) is 37.3 Å². The molecular formula is C24H23NO5. The standard InChI is InChI=1S/C24H23NO5/c1-2-5-23(27)25-20-11-8-18(9-12-20)22(26)15-30-24(28)16-29-21-13-10-17-6-3-4-7-19(17)14-21/h3-4,6-14H,2,5,15-16H2,1H3,(H,25,27). The topological polar surface area (TPSA) is 81.7 Å². The largest absolute Gasteiger partial charge is 0.482 e. The maximum absolute atomic E-state index is 12.2. The number of nitrogens with one attached hydrogen (secondary N) is 1. The monoisotopic (exact) mass is 405 g/mol. The van der Waals surface area contributed by atoms with Gasteiger partial charge in [0.2, 0.25) is 5.91 Å². The Morgan fingerprint density at radius 2 is 1.60 bits per heavy atom. The quantitative estimate of drug-likeness (QED) is 0.422. The molecule has 6 nitrogen and oxygen atoms in total. The van der Waals surface area contributed by atoms with Gasteiger partial charge < -0.3 is 14.8 Å². The Bertz CT molecular complexity index is 1040. The molecule has 3 aromatic rings. The molecule has 0 saturated heterocycles. The van der Waals surface area contributed by atoms with Crippen LogP contribution in [0.5, 0.6) is 5.75 Å². The van der Waals surface area contributed by atoms with Crippen LogP contribution in [-0.4, -0.2) is 30.9 Å². The maximum Gasteiger partial charge on any atom is 0.344 e. The van der Waals surface area contributed by atoms with Crippen LogP contribution in [0.15, 0.2) is 66.7 Å². The number of benzene rings is 3. The van der Waals surface area contributed by atoms with Crippen molar-refractivity contribution in [3.05, 3.63) is 72.3 Å². The number of ether oxygens (including phenoxy) is 2. The molecule has 0 aliphatic carbocycles. The number of esters is 1. The molecule has 3 rings (SSSR count). The molecule has 154 valence electrons. The van der Waals surface area contributed by atoms with Crippen LogP contribution in [-0.2, 0) is 14.3 Å². The van der Waals surface area contributed by atoms with Crippen molar-refractivity contribution in [2.45, 2.75) is 19.8 Å². The Morgan fingerprint density at radius 1 is 0.867 bits per heavy atom. The lowest BCUT2D eigenvalue weighted by atomic mass is 10.1. The summed E-state index contributed by atoms with van der Waals surface area (Å²) in [5, 5.41) is 4.84. The molecule has 30 heavy (non-hydrogen) atoms. The smallest absolute Gasteiger partial charge is 0.344 e. The van der Waals surface area contributed by atoms with E-state index >= 15 is 0 Å². The third-order valence-corrected chi connectivity index (χ3v) is 4.41. The van der Waals surface area contributed by atoms with Gasteiger partial charge in [0.25, 0.3) is 0 Å². The van der Waals surface area contributed by atoms with E-state index in [-0.39, 0.29) is 24.9 Å². The highest BCUT2D eigenvalue weighted by atomic mass is 16.6. The fourth-order valence-corrected chi connectivity index (χ4v) is 2.86. The summed E-state index contributed by atoms with van der Waals surface area (Å²) in [5.74, 6) is -0.477. The van der Waals surface area contributed by atoms with Crippen LogP contribution < -0.4 is 10.1 Å². The Hall–Kier alpha value is -3.67. The van der Waals surface area contributed by atoms with Crippen LogP contribution in [0.1, 0.15) is 30.1 Å². The van der Waals surface area contributed by atoms with Crippen LogP contribution in [0.25, 0.3) is 10.8 Å². The van der Waals surface area contributed by atoms with Gasteiger partial charge in [-0.15, -0.1) is 0 Å². The summed E-state index contributed by atoms with van der Waals surface area (Å²) >= 11 is 0. The fraction of sp³-hybridized carbons (Fsp3) is 0.208. The number of Topliss-reactive ketones (excluding diaryl/α,β-unsaturated/α-hetero) is 1. The molecule has 0 radical (unpaired) electrons. The number of hydrogen-bond donors (Lipinski definition) is 1. The van der Waals surface area contributed by atoms with E-state index in [0.717, 1.165) is 17.2 Å². The molecular weight excluding hydrogens is 382 g/mol. The van der Waals surface area contributed by atoms with Gasteiger partial charge in [-0.3, -0.25) is 9.59 Å². The first kappa shape index (κ1) is 21.0. The molecule has 6 heteroatoms. The first-order chi connectivity index (χ1) is 14.5. The average Bonchev–Trinajstić information content (AvgIpc) is 2.76. The molecule has 0 spiro atoms. The minimum atomic E-state index is -0.625. The minimum absolute atomic E-state index is 0.0723. The van der Waals surface area contributed by atoms with Crippen molar-refractivity contribution in [3.63, 3.8) is 0 Å². The molecule has 1 amide bonds. The highest BCUT2D eigenvalue weighted by molar-refractivity contribution is 5.99. The Balaban J connectivity index is 1.45. The molecule has 0 saturated carbocycles. The SMILES string of the molecule is CCCC(=O)Nc1ccc(C(=O)COC(=O)COc2ccc3ccccc3c2)cc1. The zero-order valence-corrected chi connectivity index (χ0v) is 16.7. The highest BCUT2D eigenvalue weighted by Gasteiger charge is 2.11. The van der Waals surface area contributed by atoms with Gasteiger partial charge in [0, 0.05) is 17.7 Å². The molecule has 0 atom stereocenters. The van der Waals surface area contributed by atoms with Gasteiger partial charge in [-0.25, -0.2) is 4.79 Å². The van der Waals surface area contributed by atoms with Crippen molar-refractivity contribution >= 4 is 34.1 Å². The predicted octanol–water partition coefficient (Wildman–Crippen LogP) is 4.38. The summed E-state index contributed by atoms with van der Waals surface area (Å²) in [5.41, 5.74) is 1.01. The Labute approximate surface area is 174 Å². The molecule has 0 heterocycles. The van der Waals surface area contributed by atoms with Crippen molar-refractivity contribution in [1.29, 1.82) is 0 Å². The Kier molecular flexibility index (Phi) is 7.16. The number of rotatable bonds is 9. The van der Waals surface area contributed by atoms with Gasteiger partial charge in [0.1, 0.15) is 5.75 Å². The average molecular weight is 405 g/mol. The first-order valence-electron chi connectivity index (χ1n) is 9.75. The second-order valence-electron chi connectivity index (χ2n) is 6.76. The summed E-state index contributed by atoms with van der Waals surface area (Å²) in [6, 6.07) is 19.8. The van der Waals surface area contributed by atoms with Crippen molar-refractivity contribution < 1.29 is 23.9 Å². The summed E-state index contributed by atoms with van der Waals surface area (Å²) in [7, 11) is 0. The zero-order valence-electron chi connectivity index (χ0n) is 16.7. The number of amides is 1. The van der Waals surface area contributed by atoms with E-state index in [2.05, 4.69) is 5.32 Å². The van der Waals surface area contributed by atoms with Gasteiger partial charge in [0.15, 0.2) is 19.0 Å². The van der Waals surface area contributed by atoms with Crippen molar-refractivity contribution in [2.24, 2.45) is 0 Å². The lowest BCUT2D eigenvalue weighted by Crippen LogP contribution is -2.19. The van der Waals surface area contributed by atoms with Crippen LogP contribution in [0.4, 0.5) is 5.69 Å². The van der Waals surface area contributed by atoms with Gasteiger partial charge in [0.05, 0.1) is 0 Å². The number of fused-ring (bicyclic) bond motifs is 1. The van der Waals surface area contributed by atoms with Crippen molar-refractivity contribution in [2.75, 3.05) is 18.5 Å². The lowest BCUT2D eigenvalue weighted by Gasteiger charge is -2.08. The second-order valence-corrected chi connectivity index (χ2v) is 6.76. The number of anilines is 1. The third-order valence-electron chi connectivity index (χ3n) is 4.41. The van der Waals surface area contributed by atoms with Crippen LogP contribution in [0.2, 0.25) is 0 Å². The normalized spacial score (nSPS) is 10.4. The zero-order chi connectivity index (χ0) is 21.3. The molecule has 0 bridgehead atoms. The van der Waals surface area contributed by atoms with E-state index < -0.39 is 5.97 Å². The third kappa shape index (κ3) is 5.91. The van der Waals surface area contributed by atoms with Crippen LogP contribution >= 0.6 is 0 Å². The second kappa shape index (κ2) is 10.2. The number of carbonyl (C=O) groups excluding carboxylic acids is 3. The molecule has 0 aromatic heterocycles. The van der Waals surface area contributed by atoms with Gasteiger partial charge >= 0.3 is 5.97 Å². The van der Waals surface area contributed by atoms with E-state index in [1.807, 2.05) is 43.3 Å². The van der Waals surface area contributed by atoms with Crippen molar-refractivity contribution in [3.8, 4) is 5.75 Å². The fourth-order valence-electron chi connectivity index (χ4n) is 2.86. The van der Waals surface area contributed by atoms with Crippen molar-refractivity contribution in [1.82, 2.24) is 0 Å². The van der Waals surface area contributed by atoms with Gasteiger partial charge in [-0.05, 0) is 53.6 Å². The number of hydrogen-bond acceptors (Lipinski definition) is 5. The van der Waals surface area contributed by atoms with E-state index in [0.29, 0.717) is 23.4 Å². The highest BCUT2D eigenvalue weighted by Crippen LogP contribution is 2.20. The van der Waals surface area contributed by atoms with Crippen LogP contribution in [0.3, 0.4) is 0 Å². The summed E-state index contributed by atoms with van der Waals surface area (Å²) in [6.07, 6.45) is 1.20. The van der Waals surface area contributed by atoms with Crippen LogP contribution in [0, 0.1) is 0 Å². The molecule has 0 aliphatic rings. The van der Waals surface area contributed by atoms with Gasteiger partial charge in [-0.2, -0.15) is 0 Å². The minimum Gasteiger partial charge on any atom is -0.482 e. The predicted molar refractivity (Wildman–Crippen MR) is 115 cm³/mol. The Morgan fingerprint density at radius 3 is 2.33 bits per heavy atom. The number of ketones is 1. The molecule has 3 aromatic carbocycles. The van der Waals surface area contributed by atoms with E-state index in [1.165, 1.54) is 0 Å². The van der Waals surface area contributed by atoms with E-state index in [4.69, 9.17) is 9.47 Å². The number of carbonyl (C=O) groups is 3. The van der Waals surface area contributed by atoms with E-state index in [9.17, 15) is 14.4 Å². The lowest BCUT2D eigenvalue weighted by molar-refractivity contribution is -0.144. The molecule has 1 N–H and O–H groups in total. The maximum atomic E-state index is 12.2. The molecule has 0 unspecified atom stereocenters. The summed E-state index contributed by atoms with van der Waals surface area (Å²) in [6.45, 7) is 1.27. The summed E-state index contributed by atoms with van der Waals surface area (Å²) < 4.78 is 10.5. The molecule has 0 aliphatic heterocycles.